The van der Waals surface area contributed by atoms with E-state index in [0.29, 0.717) is 31.0 Å². The summed E-state index contributed by atoms with van der Waals surface area (Å²) >= 11 is 0.430. The number of halogens is 3. The topological polar surface area (TPSA) is 69.9 Å². The summed E-state index contributed by atoms with van der Waals surface area (Å²) in [6.45, 7) is 1.05. The van der Waals surface area contributed by atoms with E-state index in [-0.39, 0.29) is 17.5 Å². The molecule has 3 aromatic rings. The van der Waals surface area contributed by atoms with E-state index in [1.807, 2.05) is 29.8 Å². The van der Waals surface area contributed by atoms with Gasteiger partial charge in [-0.2, -0.15) is 13.2 Å². The van der Waals surface area contributed by atoms with Gasteiger partial charge in [-0.05, 0) is 11.1 Å². The number of alkyl halides is 3. The predicted octanol–water partition coefficient (Wildman–Crippen LogP) is 3.23. The van der Waals surface area contributed by atoms with Crippen LogP contribution in [0.4, 0.5) is 13.2 Å². The second-order valence-electron chi connectivity index (χ2n) is 7.14. The highest BCUT2D eigenvalue weighted by atomic mass is 32.1. The Labute approximate surface area is 168 Å². The first-order chi connectivity index (χ1) is 13.8. The van der Waals surface area contributed by atoms with E-state index in [1.54, 1.807) is 12.4 Å². The van der Waals surface area contributed by atoms with E-state index >= 15 is 0 Å². The second kappa shape index (κ2) is 7.34. The summed E-state index contributed by atoms with van der Waals surface area (Å²) in [6.07, 6.45) is -2.28. The molecule has 0 radical (unpaired) electrons. The van der Waals surface area contributed by atoms with Crippen molar-refractivity contribution in [2.75, 3.05) is 13.2 Å². The molecule has 4 rings (SSSR count). The molecule has 0 atom stereocenters. The first-order valence-corrected chi connectivity index (χ1v) is 9.71. The van der Waals surface area contributed by atoms with Gasteiger partial charge in [0.15, 0.2) is 10.8 Å². The molecule has 152 valence electrons. The number of benzene rings is 1. The summed E-state index contributed by atoms with van der Waals surface area (Å²) in [6, 6.07) is 7.51. The molecule has 0 amide bonds. The molecule has 0 bridgehead atoms. The number of ether oxygens (including phenoxy) is 1. The number of thiazole rings is 1. The van der Waals surface area contributed by atoms with Crippen LogP contribution in [0.5, 0.6) is 0 Å². The molecular weight excluding hydrogens is 405 g/mol. The van der Waals surface area contributed by atoms with Gasteiger partial charge in [-0.15, -0.1) is 21.5 Å². The Balaban J connectivity index is 1.53. The molecule has 0 aliphatic carbocycles. The number of aryl methyl sites for hydroxylation is 1. The third-order valence-corrected chi connectivity index (χ3v) is 5.88. The fraction of sp³-hybridized carbons (Fsp3) is 0.368. The fourth-order valence-electron chi connectivity index (χ4n) is 3.31. The minimum atomic E-state index is -4.54. The molecule has 0 spiro atoms. The van der Waals surface area contributed by atoms with Crippen LogP contribution >= 0.6 is 11.3 Å². The average Bonchev–Trinajstić information content (AvgIpc) is 3.27. The number of aromatic nitrogens is 4. The highest BCUT2D eigenvalue weighted by Crippen LogP contribution is 2.36. The van der Waals surface area contributed by atoms with Gasteiger partial charge >= 0.3 is 6.18 Å². The van der Waals surface area contributed by atoms with Crippen LogP contribution in [0.2, 0.25) is 0 Å². The minimum absolute atomic E-state index is 0.0181. The molecule has 1 aliphatic rings. The van der Waals surface area contributed by atoms with Gasteiger partial charge in [-0.25, -0.2) is 4.98 Å². The van der Waals surface area contributed by atoms with Crippen molar-refractivity contribution in [2.45, 2.75) is 24.4 Å². The Kier molecular flexibility index (Phi) is 4.99. The van der Waals surface area contributed by atoms with E-state index < -0.39 is 17.0 Å². The predicted molar refractivity (Wildman–Crippen MR) is 98.8 cm³/mol. The zero-order valence-corrected chi connectivity index (χ0v) is 16.3. The Bertz CT molecular complexity index is 1040. The van der Waals surface area contributed by atoms with Crippen molar-refractivity contribution in [3.8, 4) is 0 Å². The number of nitrogens with zero attached hydrogens (tertiary/aromatic N) is 4. The van der Waals surface area contributed by atoms with Gasteiger partial charge < -0.3 is 9.30 Å². The summed E-state index contributed by atoms with van der Waals surface area (Å²) in [4.78, 5) is 15.9. The third kappa shape index (κ3) is 3.95. The van der Waals surface area contributed by atoms with Gasteiger partial charge in [0.1, 0.15) is 17.8 Å². The molecule has 1 aromatic carbocycles. The highest BCUT2D eigenvalue weighted by Gasteiger charge is 2.42. The normalized spacial score (nSPS) is 15.9. The van der Waals surface area contributed by atoms with Crippen LogP contribution in [0.3, 0.4) is 0 Å². The van der Waals surface area contributed by atoms with E-state index in [9.17, 15) is 18.0 Å². The molecule has 0 unspecified atom stereocenters. The zero-order chi connectivity index (χ0) is 20.6. The highest BCUT2D eigenvalue weighted by molar-refractivity contribution is 7.10. The lowest BCUT2D eigenvalue weighted by atomic mass is 9.75. The van der Waals surface area contributed by atoms with Crippen LogP contribution in [-0.4, -0.2) is 38.7 Å². The van der Waals surface area contributed by atoms with Crippen LogP contribution in [0.25, 0.3) is 0 Å². The lowest BCUT2D eigenvalue weighted by Crippen LogP contribution is -2.49. The molecule has 6 nitrogen and oxygen atoms in total. The summed E-state index contributed by atoms with van der Waals surface area (Å²) in [5.74, 6) is 0.387. The van der Waals surface area contributed by atoms with Gasteiger partial charge in [0.2, 0.25) is 0 Å². The number of ketones is 1. The van der Waals surface area contributed by atoms with Crippen molar-refractivity contribution in [1.29, 1.82) is 0 Å². The van der Waals surface area contributed by atoms with Crippen LogP contribution in [0, 0.1) is 0 Å². The minimum Gasteiger partial charge on any atom is -0.379 e. The van der Waals surface area contributed by atoms with Crippen LogP contribution < -0.4 is 0 Å². The summed E-state index contributed by atoms with van der Waals surface area (Å²) < 4.78 is 45.5. The zero-order valence-electron chi connectivity index (χ0n) is 15.4. The number of carbonyl (C=O) groups is 1. The van der Waals surface area contributed by atoms with E-state index in [4.69, 9.17) is 4.74 Å². The maximum Gasteiger partial charge on any atom is 0.443 e. The maximum absolute atomic E-state index is 12.7. The number of rotatable bonds is 6. The number of hydrogen-bond acceptors (Lipinski definition) is 6. The Hall–Kier alpha value is -2.59. The average molecular weight is 422 g/mol. The summed E-state index contributed by atoms with van der Waals surface area (Å²) in [5, 5.41) is 8.20. The van der Waals surface area contributed by atoms with E-state index in [2.05, 4.69) is 15.2 Å². The SMILES string of the molecule is Cn1cnnc1CC1(c2cccc(CC(=O)c3csc(C(F)(F)F)n3)c2)COC1. The second-order valence-corrected chi connectivity index (χ2v) is 8.00. The molecule has 10 heteroatoms. The fourth-order valence-corrected chi connectivity index (χ4v) is 4.00. The Morgan fingerprint density at radius 2 is 2.14 bits per heavy atom. The van der Waals surface area contributed by atoms with Crippen molar-refractivity contribution in [3.05, 3.63) is 63.6 Å². The van der Waals surface area contributed by atoms with Gasteiger partial charge in [0, 0.05) is 30.7 Å². The lowest BCUT2D eigenvalue weighted by Gasteiger charge is -2.42. The standard InChI is InChI=1S/C19H17F3N4O2S/c1-26-11-23-25-16(26)7-18(9-28-10-18)13-4-2-3-12(5-13)6-15(27)14-8-29-17(24-14)19(20,21)22/h2-5,8,11H,6-7,9-10H2,1H3. The molecule has 1 fully saturated rings. The molecule has 0 N–H and O–H groups in total. The summed E-state index contributed by atoms with van der Waals surface area (Å²) in [5.41, 5.74) is 1.31. The van der Waals surface area contributed by atoms with E-state index in [1.165, 1.54) is 0 Å². The van der Waals surface area contributed by atoms with Crippen molar-refractivity contribution in [2.24, 2.45) is 7.05 Å². The molecular formula is C19H17F3N4O2S. The Morgan fingerprint density at radius 3 is 2.72 bits per heavy atom. The first-order valence-electron chi connectivity index (χ1n) is 8.83. The molecule has 2 aromatic heterocycles. The molecule has 1 aliphatic heterocycles. The van der Waals surface area contributed by atoms with Crippen molar-refractivity contribution >= 4 is 17.1 Å². The molecule has 0 saturated carbocycles. The van der Waals surface area contributed by atoms with Gasteiger partial charge in [0.05, 0.1) is 13.2 Å². The van der Waals surface area contributed by atoms with Gasteiger partial charge in [0.25, 0.3) is 0 Å². The van der Waals surface area contributed by atoms with Gasteiger partial charge in [-0.1, -0.05) is 24.3 Å². The monoisotopic (exact) mass is 422 g/mol. The molecule has 29 heavy (non-hydrogen) atoms. The molecule has 1 saturated heterocycles. The summed E-state index contributed by atoms with van der Waals surface area (Å²) in [7, 11) is 1.88. The van der Waals surface area contributed by atoms with Gasteiger partial charge in [-0.3, -0.25) is 4.79 Å². The van der Waals surface area contributed by atoms with Crippen LogP contribution in [-0.2, 0) is 36.2 Å². The van der Waals surface area contributed by atoms with Crippen molar-refractivity contribution < 1.29 is 22.7 Å². The molecule has 3 heterocycles. The lowest BCUT2D eigenvalue weighted by molar-refractivity contribution is -0.137. The van der Waals surface area contributed by atoms with Crippen molar-refractivity contribution in [3.63, 3.8) is 0 Å². The number of hydrogen-bond donors (Lipinski definition) is 0. The van der Waals surface area contributed by atoms with Crippen LogP contribution in [0.15, 0.2) is 36.0 Å². The van der Waals surface area contributed by atoms with Crippen LogP contribution in [0.1, 0.15) is 32.4 Å². The quantitative estimate of drug-likeness (QED) is 0.571. The third-order valence-electron chi connectivity index (χ3n) is 4.99. The van der Waals surface area contributed by atoms with Crippen molar-refractivity contribution in [1.82, 2.24) is 19.7 Å². The maximum atomic E-state index is 12.7. The first kappa shape index (κ1) is 19.7. The Morgan fingerprint density at radius 1 is 1.34 bits per heavy atom. The van der Waals surface area contributed by atoms with E-state index in [0.717, 1.165) is 22.3 Å². The number of Topliss-reactive ketones (excluding diaryl/α,β-unsaturated/α-hetero) is 1. The largest absolute Gasteiger partial charge is 0.443 e. The number of carbonyl (C=O) groups excluding carboxylic acids is 1. The smallest absolute Gasteiger partial charge is 0.379 e.